The molecule has 2 aromatic carbocycles. The fourth-order valence-corrected chi connectivity index (χ4v) is 5.53. The number of carbonyl (C=O) groups excluding carboxylic acids is 1. The van der Waals surface area contributed by atoms with E-state index in [1.54, 1.807) is 0 Å². The highest BCUT2D eigenvalue weighted by molar-refractivity contribution is 5.86. The van der Waals surface area contributed by atoms with Gasteiger partial charge < -0.3 is 10.6 Å². The molecule has 4 atom stereocenters. The maximum Gasteiger partial charge on any atom is 0.315 e. The van der Waals surface area contributed by atoms with Crippen LogP contribution < -0.4 is 10.6 Å². The molecule has 0 radical (unpaired) electrons. The first-order chi connectivity index (χ1) is 15.5. The molecule has 1 aromatic heterocycles. The molecule has 6 heteroatoms. The zero-order valence-corrected chi connectivity index (χ0v) is 19.2. The molecule has 6 nitrogen and oxygen atoms in total. The van der Waals surface area contributed by atoms with Gasteiger partial charge in [0.25, 0.3) is 0 Å². The molecule has 0 spiro atoms. The molecule has 2 bridgehead atoms. The number of hydrogen-bond acceptors (Lipinski definition) is 3. The molecule has 2 N–H and O–H groups in total. The first-order valence-corrected chi connectivity index (χ1v) is 11.8. The van der Waals surface area contributed by atoms with Gasteiger partial charge >= 0.3 is 6.03 Å². The topological polar surface area (TPSA) is 62.2 Å². The molecule has 3 aromatic rings. The van der Waals surface area contributed by atoms with Crippen molar-refractivity contribution in [1.29, 1.82) is 0 Å². The SMILES string of the molecule is CC(C)NC(=O)NC[C@H]1C[C@H]2CCN1C[C@@H]2c1cc(-c2ccc3ccccc3c2)nn1C. The van der Waals surface area contributed by atoms with Crippen LogP contribution in [0.1, 0.15) is 38.3 Å². The summed E-state index contributed by atoms with van der Waals surface area (Å²) in [7, 11) is 2.08. The van der Waals surface area contributed by atoms with Gasteiger partial charge in [-0.05, 0) is 62.1 Å². The first kappa shape index (κ1) is 21.0. The van der Waals surface area contributed by atoms with E-state index in [1.807, 2.05) is 13.8 Å². The zero-order valence-electron chi connectivity index (χ0n) is 19.2. The largest absolute Gasteiger partial charge is 0.337 e. The molecule has 3 fully saturated rings. The Balaban J connectivity index is 1.30. The van der Waals surface area contributed by atoms with Crippen LogP contribution in [0, 0.1) is 5.92 Å². The Morgan fingerprint density at radius 3 is 2.72 bits per heavy atom. The average molecular weight is 432 g/mol. The lowest BCUT2D eigenvalue weighted by Crippen LogP contribution is -2.57. The predicted octanol–water partition coefficient (Wildman–Crippen LogP) is 4.13. The maximum atomic E-state index is 12.0. The minimum Gasteiger partial charge on any atom is -0.337 e. The quantitative estimate of drug-likeness (QED) is 0.639. The number of nitrogens with zero attached hydrogens (tertiary/aromatic N) is 3. The van der Waals surface area contributed by atoms with E-state index in [0.717, 1.165) is 31.7 Å². The van der Waals surface area contributed by atoms with Gasteiger partial charge in [-0.2, -0.15) is 5.10 Å². The van der Waals surface area contributed by atoms with Gasteiger partial charge in [0.05, 0.1) is 5.69 Å². The van der Waals surface area contributed by atoms with Crippen molar-refractivity contribution in [3.63, 3.8) is 0 Å². The van der Waals surface area contributed by atoms with Gasteiger partial charge in [-0.15, -0.1) is 0 Å². The van der Waals surface area contributed by atoms with Gasteiger partial charge in [-0.3, -0.25) is 9.58 Å². The molecule has 6 rings (SSSR count). The summed E-state index contributed by atoms with van der Waals surface area (Å²) in [5.74, 6) is 1.14. The van der Waals surface area contributed by atoms with Crippen molar-refractivity contribution in [2.75, 3.05) is 19.6 Å². The molecular formula is C26H33N5O. The zero-order chi connectivity index (χ0) is 22.2. The number of fused-ring (bicyclic) bond motifs is 4. The van der Waals surface area contributed by atoms with Crippen molar-refractivity contribution in [3.05, 3.63) is 54.2 Å². The monoisotopic (exact) mass is 431 g/mol. The Morgan fingerprint density at radius 1 is 1.16 bits per heavy atom. The van der Waals surface area contributed by atoms with Crippen molar-refractivity contribution < 1.29 is 4.79 Å². The minimum absolute atomic E-state index is 0.0640. The lowest BCUT2D eigenvalue weighted by Gasteiger charge is -2.49. The molecule has 168 valence electrons. The highest BCUT2D eigenvalue weighted by Gasteiger charge is 2.41. The van der Waals surface area contributed by atoms with Crippen LogP contribution in [0.4, 0.5) is 4.79 Å². The molecule has 4 heterocycles. The summed E-state index contributed by atoms with van der Waals surface area (Å²) in [4.78, 5) is 14.6. The Bertz CT molecular complexity index is 1120. The summed E-state index contributed by atoms with van der Waals surface area (Å²) in [5.41, 5.74) is 3.55. The number of hydrogen-bond donors (Lipinski definition) is 2. The Kier molecular flexibility index (Phi) is 5.64. The van der Waals surface area contributed by atoms with E-state index in [-0.39, 0.29) is 12.1 Å². The van der Waals surface area contributed by atoms with Crippen LogP contribution in [-0.4, -0.2) is 52.4 Å². The second-order valence-corrected chi connectivity index (χ2v) is 9.69. The fourth-order valence-electron chi connectivity index (χ4n) is 5.53. The number of amides is 2. The summed E-state index contributed by atoms with van der Waals surface area (Å²) in [6.45, 7) is 6.84. The third kappa shape index (κ3) is 4.11. The number of piperidine rings is 3. The van der Waals surface area contributed by atoms with Crippen LogP contribution >= 0.6 is 0 Å². The van der Waals surface area contributed by atoms with E-state index >= 15 is 0 Å². The smallest absolute Gasteiger partial charge is 0.315 e. The maximum absolute atomic E-state index is 12.0. The highest BCUT2D eigenvalue weighted by Crippen LogP contribution is 2.42. The standard InChI is InChI=1S/C26H33N5O/c1-17(2)28-26(32)27-15-22-13-20-10-11-31(22)16-23(20)25-14-24(29-30(25)3)21-9-8-18-6-4-5-7-19(18)12-21/h4-9,12,14,17,20,22-23H,10-11,13,15-16H2,1-3H3,(H2,27,28,32)/t20-,22-,23+/m1/s1. The van der Waals surface area contributed by atoms with Gasteiger partial charge in [-0.1, -0.05) is 36.4 Å². The third-order valence-corrected chi connectivity index (χ3v) is 7.14. The Labute approximate surface area is 190 Å². The van der Waals surface area contributed by atoms with Crippen LogP contribution in [0.3, 0.4) is 0 Å². The highest BCUT2D eigenvalue weighted by atomic mass is 16.2. The van der Waals surface area contributed by atoms with Crippen LogP contribution in [0.25, 0.3) is 22.0 Å². The van der Waals surface area contributed by atoms with Crippen molar-refractivity contribution in [2.24, 2.45) is 13.0 Å². The van der Waals surface area contributed by atoms with Gasteiger partial charge in [0, 0.05) is 49.4 Å². The van der Waals surface area contributed by atoms with E-state index in [9.17, 15) is 4.79 Å². The molecule has 0 saturated carbocycles. The summed E-state index contributed by atoms with van der Waals surface area (Å²) < 4.78 is 2.08. The molecule has 32 heavy (non-hydrogen) atoms. The lowest BCUT2D eigenvalue weighted by atomic mass is 9.74. The number of nitrogens with one attached hydrogen (secondary N) is 2. The first-order valence-electron chi connectivity index (χ1n) is 11.8. The van der Waals surface area contributed by atoms with Crippen molar-refractivity contribution in [1.82, 2.24) is 25.3 Å². The molecular weight excluding hydrogens is 398 g/mol. The second kappa shape index (κ2) is 8.58. The van der Waals surface area contributed by atoms with E-state index in [1.165, 1.54) is 28.5 Å². The van der Waals surface area contributed by atoms with Gasteiger partial charge in [0.2, 0.25) is 0 Å². The van der Waals surface area contributed by atoms with Crippen LogP contribution in [0.5, 0.6) is 0 Å². The van der Waals surface area contributed by atoms with Gasteiger partial charge in [0.1, 0.15) is 0 Å². The molecule has 3 aliphatic rings. The molecule has 2 amide bonds. The number of benzene rings is 2. The number of aromatic nitrogens is 2. The lowest BCUT2D eigenvalue weighted by molar-refractivity contribution is 0.0294. The van der Waals surface area contributed by atoms with E-state index in [4.69, 9.17) is 5.10 Å². The predicted molar refractivity (Wildman–Crippen MR) is 129 cm³/mol. The van der Waals surface area contributed by atoms with Crippen molar-refractivity contribution in [3.8, 4) is 11.3 Å². The number of aryl methyl sites for hydroxylation is 1. The van der Waals surface area contributed by atoms with E-state index in [0.29, 0.717) is 17.9 Å². The molecule has 0 aliphatic carbocycles. The van der Waals surface area contributed by atoms with E-state index in [2.05, 4.69) is 75.8 Å². The van der Waals surface area contributed by atoms with Crippen LogP contribution in [0.2, 0.25) is 0 Å². The summed E-state index contributed by atoms with van der Waals surface area (Å²) in [6, 6.07) is 17.9. The fraction of sp³-hybridized carbons (Fsp3) is 0.462. The Morgan fingerprint density at radius 2 is 1.97 bits per heavy atom. The van der Waals surface area contributed by atoms with Crippen molar-refractivity contribution >= 4 is 16.8 Å². The number of rotatable bonds is 5. The molecule has 3 saturated heterocycles. The van der Waals surface area contributed by atoms with Crippen molar-refractivity contribution in [2.45, 2.75) is 44.7 Å². The average Bonchev–Trinajstić information content (AvgIpc) is 3.18. The van der Waals surface area contributed by atoms with E-state index < -0.39 is 0 Å². The normalized spacial score (nSPS) is 24.8. The molecule has 1 unspecified atom stereocenters. The number of carbonyl (C=O) groups is 1. The second-order valence-electron chi connectivity index (χ2n) is 9.69. The minimum atomic E-state index is -0.0640. The third-order valence-electron chi connectivity index (χ3n) is 7.14. The van der Waals surface area contributed by atoms with Gasteiger partial charge in [-0.25, -0.2) is 4.79 Å². The summed E-state index contributed by atoms with van der Waals surface area (Å²) in [5, 5.41) is 13.4. The molecule has 3 aliphatic heterocycles. The van der Waals surface area contributed by atoms with Crippen LogP contribution in [-0.2, 0) is 7.05 Å². The Hall–Kier alpha value is -2.86. The number of urea groups is 1. The van der Waals surface area contributed by atoms with Crippen LogP contribution in [0.15, 0.2) is 48.5 Å². The van der Waals surface area contributed by atoms with Gasteiger partial charge in [0.15, 0.2) is 0 Å². The summed E-state index contributed by atoms with van der Waals surface area (Å²) in [6.07, 6.45) is 2.35. The summed E-state index contributed by atoms with van der Waals surface area (Å²) >= 11 is 0.